The lowest BCUT2D eigenvalue weighted by Gasteiger charge is -2.37. The van der Waals surface area contributed by atoms with Crippen molar-refractivity contribution in [3.8, 4) is 0 Å². The van der Waals surface area contributed by atoms with E-state index in [0.29, 0.717) is 18.2 Å². The summed E-state index contributed by atoms with van der Waals surface area (Å²) in [5.41, 5.74) is 5.82. The Morgan fingerprint density at radius 1 is 1.36 bits per heavy atom. The summed E-state index contributed by atoms with van der Waals surface area (Å²) < 4.78 is 5.81. The van der Waals surface area contributed by atoms with E-state index in [9.17, 15) is 0 Å². The van der Waals surface area contributed by atoms with E-state index in [1.807, 2.05) is 0 Å². The molecule has 1 saturated heterocycles. The van der Waals surface area contributed by atoms with Gasteiger partial charge in [-0.15, -0.1) is 12.4 Å². The first kappa shape index (κ1) is 9.30. The van der Waals surface area contributed by atoms with Gasteiger partial charge in [0.2, 0.25) is 0 Å². The molecule has 0 bridgehead atoms. The summed E-state index contributed by atoms with van der Waals surface area (Å²) >= 11 is 0. The molecule has 0 radical (unpaired) electrons. The van der Waals surface area contributed by atoms with Crippen LogP contribution in [-0.4, -0.2) is 18.2 Å². The number of ether oxygens (including phenoxy) is 1. The second-order valence-corrected chi connectivity index (χ2v) is 3.55. The maximum Gasteiger partial charge on any atom is 0.0705 e. The summed E-state index contributed by atoms with van der Waals surface area (Å²) in [5, 5.41) is 0. The van der Waals surface area contributed by atoms with Gasteiger partial charge in [-0.2, -0.15) is 0 Å². The van der Waals surface area contributed by atoms with Crippen molar-refractivity contribution < 1.29 is 4.74 Å². The zero-order valence-corrected chi connectivity index (χ0v) is 7.53. The molecule has 1 unspecified atom stereocenters. The SMILES string of the molecule is Cl.NCC1CCC2(CCC2)O1. The fourth-order valence-corrected chi connectivity index (χ4v) is 2.00. The Hall–Kier alpha value is 0.210. The van der Waals surface area contributed by atoms with Gasteiger partial charge in [-0.25, -0.2) is 0 Å². The van der Waals surface area contributed by atoms with Crippen molar-refractivity contribution in [1.82, 2.24) is 0 Å². The van der Waals surface area contributed by atoms with E-state index in [2.05, 4.69) is 0 Å². The van der Waals surface area contributed by atoms with Crippen LogP contribution >= 0.6 is 12.4 Å². The van der Waals surface area contributed by atoms with Crippen LogP contribution in [0.3, 0.4) is 0 Å². The lowest BCUT2D eigenvalue weighted by molar-refractivity contribution is -0.0877. The van der Waals surface area contributed by atoms with Gasteiger partial charge < -0.3 is 10.5 Å². The predicted molar refractivity (Wildman–Crippen MR) is 47.0 cm³/mol. The number of nitrogens with two attached hydrogens (primary N) is 1. The number of halogens is 1. The molecule has 2 aliphatic rings. The highest BCUT2D eigenvalue weighted by Crippen LogP contribution is 2.45. The van der Waals surface area contributed by atoms with Crippen LogP contribution in [-0.2, 0) is 4.74 Å². The fourth-order valence-electron chi connectivity index (χ4n) is 2.00. The average Bonchev–Trinajstić information content (AvgIpc) is 2.29. The van der Waals surface area contributed by atoms with Gasteiger partial charge in [0.15, 0.2) is 0 Å². The average molecular weight is 178 g/mol. The second kappa shape index (κ2) is 3.30. The van der Waals surface area contributed by atoms with Gasteiger partial charge in [-0.3, -0.25) is 0 Å². The second-order valence-electron chi connectivity index (χ2n) is 3.55. The van der Waals surface area contributed by atoms with Crippen molar-refractivity contribution in [3.05, 3.63) is 0 Å². The molecular weight excluding hydrogens is 162 g/mol. The molecule has 0 amide bonds. The molecule has 1 aliphatic carbocycles. The summed E-state index contributed by atoms with van der Waals surface area (Å²) in [6.45, 7) is 0.710. The van der Waals surface area contributed by atoms with Crippen LogP contribution in [0, 0.1) is 0 Å². The highest BCUT2D eigenvalue weighted by Gasteiger charge is 2.44. The van der Waals surface area contributed by atoms with Gasteiger partial charge in [-0.05, 0) is 32.1 Å². The molecule has 1 spiro atoms. The van der Waals surface area contributed by atoms with Crippen LogP contribution in [0.15, 0.2) is 0 Å². The summed E-state index contributed by atoms with van der Waals surface area (Å²) in [5.74, 6) is 0. The summed E-state index contributed by atoms with van der Waals surface area (Å²) in [7, 11) is 0. The summed E-state index contributed by atoms with van der Waals surface area (Å²) in [4.78, 5) is 0. The van der Waals surface area contributed by atoms with Gasteiger partial charge >= 0.3 is 0 Å². The summed E-state index contributed by atoms with van der Waals surface area (Å²) in [6.07, 6.45) is 6.75. The molecule has 1 aliphatic heterocycles. The quantitative estimate of drug-likeness (QED) is 0.659. The highest BCUT2D eigenvalue weighted by molar-refractivity contribution is 5.85. The summed E-state index contributed by atoms with van der Waals surface area (Å²) in [6, 6.07) is 0. The van der Waals surface area contributed by atoms with Crippen molar-refractivity contribution in [2.45, 2.75) is 43.8 Å². The van der Waals surface area contributed by atoms with Crippen molar-refractivity contribution in [2.75, 3.05) is 6.54 Å². The van der Waals surface area contributed by atoms with E-state index in [1.54, 1.807) is 0 Å². The van der Waals surface area contributed by atoms with Gasteiger partial charge in [0.25, 0.3) is 0 Å². The van der Waals surface area contributed by atoms with Crippen LogP contribution in [0.1, 0.15) is 32.1 Å². The Labute approximate surface area is 73.9 Å². The molecule has 0 aromatic heterocycles. The molecule has 3 heteroatoms. The molecular formula is C8H16ClNO. The Balaban J connectivity index is 0.000000605. The molecule has 11 heavy (non-hydrogen) atoms. The highest BCUT2D eigenvalue weighted by atomic mass is 35.5. The molecule has 1 atom stereocenters. The smallest absolute Gasteiger partial charge is 0.0705 e. The molecule has 0 aromatic rings. The molecule has 1 heterocycles. The zero-order chi connectivity index (χ0) is 7.03. The molecule has 2 rings (SSSR count). The third-order valence-electron chi connectivity index (χ3n) is 2.87. The van der Waals surface area contributed by atoms with Crippen LogP contribution < -0.4 is 5.73 Å². The lowest BCUT2D eigenvalue weighted by Crippen LogP contribution is -2.37. The molecule has 2 fully saturated rings. The van der Waals surface area contributed by atoms with E-state index in [-0.39, 0.29) is 12.4 Å². The Morgan fingerprint density at radius 2 is 2.09 bits per heavy atom. The van der Waals surface area contributed by atoms with Gasteiger partial charge in [0.05, 0.1) is 11.7 Å². The Kier molecular flexibility index (Phi) is 2.79. The zero-order valence-electron chi connectivity index (χ0n) is 6.71. The first-order valence-corrected chi connectivity index (χ1v) is 4.23. The Morgan fingerprint density at radius 3 is 2.36 bits per heavy atom. The maximum absolute atomic E-state index is 5.81. The predicted octanol–water partition coefficient (Wildman–Crippen LogP) is 1.47. The first-order chi connectivity index (χ1) is 4.85. The molecule has 2 N–H and O–H groups in total. The van der Waals surface area contributed by atoms with Gasteiger partial charge in [0.1, 0.15) is 0 Å². The van der Waals surface area contributed by atoms with Crippen LogP contribution in [0.5, 0.6) is 0 Å². The van der Waals surface area contributed by atoms with Crippen molar-refractivity contribution >= 4 is 12.4 Å². The largest absolute Gasteiger partial charge is 0.370 e. The minimum absolute atomic E-state index is 0. The van der Waals surface area contributed by atoms with Gasteiger partial charge in [0, 0.05) is 6.54 Å². The molecule has 1 saturated carbocycles. The number of hydrogen-bond donors (Lipinski definition) is 1. The van der Waals surface area contributed by atoms with E-state index < -0.39 is 0 Å². The van der Waals surface area contributed by atoms with Crippen molar-refractivity contribution in [3.63, 3.8) is 0 Å². The van der Waals surface area contributed by atoms with Gasteiger partial charge in [-0.1, -0.05) is 0 Å². The van der Waals surface area contributed by atoms with Crippen LogP contribution in [0.2, 0.25) is 0 Å². The number of hydrogen-bond acceptors (Lipinski definition) is 2. The lowest BCUT2D eigenvalue weighted by atomic mass is 9.78. The van der Waals surface area contributed by atoms with E-state index in [1.165, 1.54) is 32.1 Å². The van der Waals surface area contributed by atoms with Crippen molar-refractivity contribution in [2.24, 2.45) is 5.73 Å². The first-order valence-electron chi connectivity index (χ1n) is 4.23. The van der Waals surface area contributed by atoms with E-state index in [0.717, 1.165) is 0 Å². The monoisotopic (exact) mass is 177 g/mol. The Bertz CT molecular complexity index is 136. The third-order valence-corrected chi connectivity index (χ3v) is 2.87. The molecule has 0 aromatic carbocycles. The third kappa shape index (κ3) is 1.53. The van der Waals surface area contributed by atoms with Crippen LogP contribution in [0.25, 0.3) is 0 Å². The van der Waals surface area contributed by atoms with Crippen molar-refractivity contribution in [1.29, 1.82) is 0 Å². The minimum atomic E-state index is 0. The standard InChI is InChI=1S/C8H15NO.ClH/c9-6-7-2-5-8(10-7)3-1-4-8;/h7H,1-6,9H2;1H. The normalized spacial score (nSPS) is 33.0. The van der Waals surface area contributed by atoms with Crippen LogP contribution in [0.4, 0.5) is 0 Å². The topological polar surface area (TPSA) is 35.2 Å². The molecule has 66 valence electrons. The fraction of sp³-hybridized carbons (Fsp3) is 1.00. The van der Waals surface area contributed by atoms with E-state index >= 15 is 0 Å². The molecule has 2 nitrogen and oxygen atoms in total. The van der Waals surface area contributed by atoms with E-state index in [4.69, 9.17) is 10.5 Å². The number of rotatable bonds is 1. The maximum atomic E-state index is 5.81. The minimum Gasteiger partial charge on any atom is -0.370 e.